The molecular formula is C11H14N4O. The lowest BCUT2D eigenvalue weighted by molar-refractivity contribution is 0.387. The standard InChI is InChI=1S/C11H14N4O/c1-8-4-3-6-12-11(8)13-7-5-10-14-9(2)16-15-10/h3-4,6H,5,7H2,1-2H3,(H,12,13). The molecule has 5 heteroatoms. The summed E-state index contributed by atoms with van der Waals surface area (Å²) in [5.74, 6) is 2.23. The quantitative estimate of drug-likeness (QED) is 0.846. The Labute approximate surface area is 93.9 Å². The van der Waals surface area contributed by atoms with E-state index in [1.165, 1.54) is 0 Å². The predicted octanol–water partition coefficient (Wildman–Crippen LogP) is 1.74. The maximum Gasteiger partial charge on any atom is 0.223 e. The third kappa shape index (κ3) is 2.56. The van der Waals surface area contributed by atoms with Crippen molar-refractivity contribution in [3.8, 4) is 0 Å². The molecule has 0 atom stereocenters. The number of hydrogen-bond acceptors (Lipinski definition) is 5. The largest absolute Gasteiger partial charge is 0.369 e. The molecule has 0 saturated carbocycles. The summed E-state index contributed by atoms with van der Waals surface area (Å²) in [6.07, 6.45) is 2.50. The molecule has 0 spiro atoms. The topological polar surface area (TPSA) is 63.8 Å². The van der Waals surface area contributed by atoms with Crippen molar-refractivity contribution in [1.29, 1.82) is 0 Å². The molecule has 2 heterocycles. The van der Waals surface area contributed by atoms with E-state index < -0.39 is 0 Å². The average Bonchev–Trinajstić information content (AvgIpc) is 2.67. The molecule has 0 unspecified atom stereocenters. The van der Waals surface area contributed by atoms with Crippen LogP contribution in [0.15, 0.2) is 22.9 Å². The van der Waals surface area contributed by atoms with Crippen LogP contribution in [0, 0.1) is 13.8 Å². The number of pyridine rings is 1. The van der Waals surface area contributed by atoms with Crippen molar-refractivity contribution in [2.24, 2.45) is 0 Å². The van der Waals surface area contributed by atoms with Gasteiger partial charge in [-0.3, -0.25) is 0 Å². The second-order valence-electron chi connectivity index (χ2n) is 3.58. The molecule has 0 fully saturated rings. The maximum atomic E-state index is 4.89. The van der Waals surface area contributed by atoms with Crippen LogP contribution in [0.4, 0.5) is 5.82 Å². The number of rotatable bonds is 4. The molecule has 0 amide bonds. The lowest BCUT2D eigenvalue weighted by atomic mass is 10.3. The molecule has 0 aliphatic heterocycles. The molecule has 2 aromatic heterocycles. The van der Waals surface area contributed by atoms with E-state index in [1.54, 1.807) is 13.1 Å². The Kier molecular flexibility index (Phi) is 3.14. The first kappa shape index (κ1) is 10.6. The molecule has 0 radical (unpaired) electrons. The second kappa shape index (κ2) is 4.74. The number of nitrogens with one attached hydrogen (secondary N) is 1. The van der Waals surface area contributed by atoms with Gasteiger partial charge >= 0.3 is 0 Å². The van der Waals surface area contributed by atoms with Crippen LogP contribution in [-0.2, 0) is 6.42 Å². The first-order valence-corrected chi connectivity index (χ1v) is 5.20. The Morgan fingerprint density at radius 3 is 2.94 bits per heavy atom. The van der Waals surface area contributed by atoms with Crippen molar-refractivity contribution in [3.05, 3.63) is 35.6 Å². The van der Waals surface area contributed by atoms with Crippen molar-refractivity contribution in [1.82, 2.24) is 15.1 Å². The van der Waals surface area contributed by atoms with Gasteiger partial charge in [-0.15, -0.1) is 0 Å². The van der Waals surface area contributed by atoms with Crippen molar-refractivity contribution in [2.75, 3.05) is 11.9 Å². The maximum absolute atomic E-state index is 4.89. The Morgan fingerprint density at radius 2 is 2.25 bits per heavy atom. The van der Waals surface area contributed by atoms with Gasteiger partial charge in [0.15, 0.2) is 5.82 Å². The number of hydrogen-bond donors (Lipinski definition) is 1. The highest BCUT2D eigenvalue weighted by atomic mass is 16.5. The summed E-state index contributed by atoms with van der Waals surface area (Å²) in [5.41, 5.74) is 1.13. The second-order valence-corrected chi connectivity index (χ2v) is 3.58. The molecular weight excluding hydrogens is 204 g/mol. The average molecular weight is 218 g/mol. The zero-order valence-electron chi connectivity index (χ0n) is 9.40. The van der Waals surface area contributed by atoms with E-state index in [0.29, 0.717) is 5.89 Å². The summed E-state index contributed by atoms with van der Waals surface area (Å²) in [7, 11) is 0. The first-order chi connectivity index (χ1) is 7.75. The lowest BCUT2D eigenvalue weighted by Gasteiger charge is -2.05. The smallest absolute Gasteiger partial charge is 0.223 e. The fourth-order valence-corrected chi connectivity index (χ4v) is 1.41. The van der Waals surface area contributed by atoms with E-state index >= 15 is 0 Å². The third-order valence-corrected chi connectivity index (χ3v) is 2.22. The summed E-state index contributed by atoms with van der Waals surface area (Å²) in [5, 5.41) is 7.06. The lowest BCUT2D eigenvalue weighted by Crippen LogP contribution is -2.08. The normalized spacial score (nSPS) is 10.4. The molecule has 0 saturated heterocycles. The van der Waals surface area contributed by atoms with Crippen molar-refractivity contribution in [2.45, 2.75) is 20.3 Å². The highest BCUT2D eigenvalue weighted by Gasteiger charge is 2.02. The van der Waals surface area contributed by atoms with Crippen LogP contribution in [0.5, 0.6) is 0 Å². The van der Waals surface area contributed by atoms with E-state index in [0.717, 1.165) is 30.2 Å². The molecule has 0 aliphatic carbocycles. The zero-order valence-corrected chi connectivity index (χ0v) is 9.40. The van der Waals surface area contributed by atoms with Crippen molar-refractivity contribution in [3.63, 3.8) is 0 Å². The fraction of sp³-hybridized carbons (Fsp3) is 0.364. The molecule has 0 aromatic carbocycles. The Morgan fingerprint density at radius 1 is 1.38 bits per heavy atom. The number of aromatic nitrogens is 3. The van der Waals surface area contributed by atoms with Gasteiger partial charge < -0.3 is 9.84 Å². The number of anilines is 1. The van der Waals surface area contributed by atoms with Gasteiger partial charge in [-0.25, -0.2) is 4.98 Å². The van der Waals surface area contributed by atoms with Crippen LogP contribution in [0.3, 0.4) is 0 Å². The third-order valence-electron chi connectivity index (χ3n) is 2.22. The summed E-state index contributed by atoms with van der Waals surface area (Å²) in [6.45, 7) is 4.55. The zero-order chi connectivity index (χ0) is 11.4. The van der Waals surface area contributed by atoms with Gasteiger partial charge in [0.05, 0.1) is 0 Å². The molecule has 84 valence electrons. The molecule has 0 aliphatic rings. The van der Waals surface area contributed by atoms with E-state index in [9.17, 15) is 0 Å². The van der Waals surface area contributed by atoms with Crippen LogP contribution >= 0.6 is 0 Å². The van der Waals surface area contributed by atoms with Gasteiger partial charge in [-0.05, 0) is 18.6 Å². The first-order valence-electron chi connectivity index (χ1n) is 5.20. The SMILES string of the molecule is Cc1nc(CCNc2ncccc2C)no1. The van der Waals surface area contributed by atoms with Crippen LogP contribution in [0.25, 0.3) is 0 Å². The number of nitrogens with zero attached hydrogens (tertiary/aromatic N) is 3. The Bertz CT molecular complexity index is 467. The highest BCUT2D eigenvalue weighted by molar-refractivity contribution is 5.42. The number of aryl methyl sites for hydroxylation is 2. The van der Waals surface area contributed by atoms with Gasteiger partial charge in [-0.2, -0.15) is 4.98 Å². The molecule has 0 bridgehead atoms. The van der Waals surface area contributed by atoms with Crippen LogP contribution < -0.4 is 5.32 Å². The van der Waals surface area contributed by atoms with Crippen LogP contribution in [0.2, 0.25) is 0 Å². The minimum absolute atomic E-state index is 0.601. The van der Waals surface area contributed by atoms with Gasteiger partial charge in [0, 0.05) is 26.1 Å². The Hall–Kier alpha value is -1.91. The summed E-state index contributed by atoms with van der Waals surface area (Å²) < 4.78 is 4.89. The molecule has 1 N–H and O–H groups in total. The van der Waals surface area contributed by atoms with E-state index in [2.05, 4.69) is 20.4 Å². The van der Waals surface area contributed by atoms with Gasteiger partial charge in [0.1, 0.15) is 5.82 Å². The van der Waals surface area contributed by atoms with E-state index in [-0.39, 0.29) is 0 Å². The van der Waals surface area contributed by atoms with Crippen LogP contribution in [0.1, 0.15) is 17.3 Å². The van der Waals surface area contributed by atoms with Gasteiger partial charge in [-0.1, -0.05) is 11.2 Å². The van der Waals surface area contributed by atoms with Gasteiger partial charge in [0.2, 0.25) is 5.89 Å². The highest BCUT2D eigenvalue weighted by Crippen LogP contribution is 2.08. The van der Waals surface area contributed by atoms with Crippen LogP contribution in [-0.4, -0.2) is 21.7 Å². The molecule has 5 nitrogen and oxygen atoms in total. The Balaban J connectivity index is 1.87. The predicted molar refractivity (Wildman–Crippen MR) is 60.2 cm³/mol. The summed E-state index contributed by atoms with van der Waals surface area (Å²) in [6, 6.07) is 3.94. The van der Waals surface area contributed by atoms with E-state index in [4.69, 9.17) is 4.52 Å². The fourth-order valence-electron chi connectivity index (χ4n) is 1.41. The van der Waals surface area contributed by atoms with E-state index in [1.807, 2.05) is 19.1 Å². The summed E-state index contributed by atoms with van der Waals surface area (Å²) >= 11 is 0. The monoisotopic (exact) mass is 218 g/mol. The molecule has 16 heavy (non-hydrogen) atoms. The molecule has 2 rings (SSSR count). The molecule has 2 aromatic rings. The summed E-state index contributed by atoms with van der Waals surface area (Å²) in [4.78, 5) is 8.37. The van der Waals surface area contributed by atoms with Crippen molar-refractivity contribution < 1.29 is 4.52 Å². The van der Waals surface area contributed by atoms with Gasteiger partial charge in [0.25, 0.3) is 0 Å². The minimum atomic E-state index is 0.601. The van der Waals surface area contributed by atoms with Crippen molar-refractivity contribution >= 4 is 5.82 Å². The minimum Gasteiger partial charge on any atom is -0.369 e.